The first-order chi connectivity index (χ1) is 10.7. The van der Waals surface area contributed by atoms with Crippen molar-refractivity contribution in [2.45, 2.75) is 45.1 Å². The number of hydrogen-bond donors (Lipinski definition) is 2. The molecule has 2 N–H and O–H groups in total. The molecule has 0 aliphatic carbocycles. The lowest BCUT2D eigenvalue weighted by atomic mass is 9.93. The smallest absolute Gasteiger partial charge is 0.220 e. The number of hydrogen-bond acceptors (Lipinski definition) is 3. The predicted molar refractivity (Wildman–Crippen MR) is 96.2 cm³/mol. The summed E-state index contributed by atoms with van der Waals surface area (Å²) in [6, 6.07) is 8.03. The largest absolute Gasteiger partial charge is 0.497 e. The van der Waals surface area contributed by atoms with Gasteiger partial charge in [0.1, 0.15) is 5.75 Å². The quantitative estimate of drug-likeness (QED) is 0.799. The van der Waals surface area contributed by atoms with Crippen LogP contribution in [0.1, 0.15) is 50.6 Å². The number of nitrogens with one attached hydrogen (secondary N) is 2. The van der Waals surface area contributed by atoms with Gasteiger partial charge >= 0.3 is 0 Å². The van der Waals surface area contributed by atoms with Crippen LogP contribution in [0.3, 0.4) is 0 Å². The van der Waals surface area contributed by atoms with E-state index in [0.717, 1.165) is 37.2 Å². The fraction of sp³-hybridized carbons (Fsp3) is 0.611. The lowest BCUT2D eigenvalue weighted by Gasteiger charge is -2.23. The summed E-state index contributed by atoms with van der Waals surface area (Å²) < 4.78 is 5.18. The molecule has 1 fully saturated rings. The van der Waals surface area contributed by atoms with Gasteiger partial charge in [0, 0.05) is 6.42 Å². The van der Waals surface area contributed by atoms with E-state index >= 15 is 0 Å². The minimum Gasteiger partial charge on any atom is -0.497 e. The Morgan fingerprint density at radius 3 is 2.52 bits per heavy atom. The van der Waals surface area contributed by atoms with Crippen LogP contribution in [0.4, 0.5) is 0 Å². The minimum absolute atomic E-state index is 0. The third-order valence-electron chi connectivity index (χ3n) is 4.50. The molecule has 1 heterocycles. The highest BCUT2D eigenvalue weighted by Crippen LogP contribution is 2.21. The molecule has 0 radical (unpaired) electrons. The van der Waals surface area contributed by atoms with Gasteiger partial charge in [0.05, 0.1) is 13.2 Å². The molecule has 2 rings (SSSR count). The van der Waals surface area contributed by atoms with Gasteiger partial charge in [0.25, 0.3) is 0 Å². The predicted octanol–water partition coefficient (Wildman–Crippen LogP) is 3.46. The van der Waals surface area contributed by atoms with Crippen LogP contribution in [0, 0.1) is 5.92 Å². The van der Waals surface area contributed by atoms with E-state index in [1.807, 2.05) is 24.3 Å². The average molecular weight is 341 g/mol. The Morgan fingerprint density at radius 2 is 1.96 bits per heavy atom. The molecule has 1 aliphatic heterocycles. The zero-order chi connectivity index (χ0) is 15.8. The van der Waals surface area contributed by atoms with E-state index in [1.165, 1.54) is 12.8 Å². The molecular weight excluding hydrogens is 312 g/mol. The molecule has 0 spiro atoms. The fourth-order valence-corrected chi connectivity index (χ4v) is 3.03. The van der Waals surface area contributed by atoms with Gasteiger partial charge < -0.3 is 15.4 Å². The number of piperidine rings is 1. The Hall–Kier alpha value is -1.26. The van der Waals surface area contributed by atoms with Gasteiger partial charge in [-0.25, -0.2) is 0 Å². The van der Waals surface area contributed by atoms with Gasteiger partial charge in [-0.15, -0.1) is 12.4 Å². The Balaban J connectivity index is 0.00000264. The summed E-state index contributed by atoms with van der Waals surface area (Å²) in [5, 5.41) is 6.53. The monoisotopic (exact) mass is 340 g/mol. The van der Waals surface area contributed by atoms with Crippen LogP contribution >= 0.6 is 12.4 Å². The van der Waals surface area contributed by atoms with E-state index in [-0.39, 0.29) is 24.4 Å². The molecule has 0 bridgehead atoms. The van der Waals surface area contributed by atoms with Crippen molar-refractivity contribution in [3.8, 4) is 5.75 Å². The summed E-state index contributed by atoms with van der Waals surface area (Å²) in [5.41, 5.74) is 1.14. The molecule has 5 heteroatoms. The average Bonchev–Trinajstić information content (AvgIpc) is 2.59. The molecule has 0 saturated carbocycles. The highest BCUT2D eigenvalue weighted by molar-refractivity contribution is 5.85. The van der Waals surface area contributed by atoms with E-state index in [4.69, 9.17) is 4.74 Å². The van der Waals surface area contributed by atoms with E-state index in [0.29, 0.717) is 12.3 Å². The number of benzene rings is 1. The second-order valence-electron chi connectivity index (χ2n) is 6.03. The van der Waals surface area contributed by atoms with E-state index in [2.05, 4.69) is 17.6 Å². The number of rotatable bonds is 7. The number of ether oxygens (including phenoxy) is 1. The highest BCUT2D eigenvalue weighted by Gasteiger charge is 2.17. The standard InChI is InChI=1S/C18H28N2O2.ClH/c1-3-17(15-5-7-16(22-2)8-6-15)20-18(21)9-4-14-10-12-19-13-11-14;/h5-8,14,17,19H,3-4,9-13H2,1-2H3,(H,20,21);1H. The first kappa shape index (κ1) is 19.8. The van der Waals surface area contributed by atoms with Crippen LogP contribution in [0.5, 0.6) is 5.75 Å². The number of methoxy groups -OCH3 is 1. The van der Waals surface area contributed by atoms with Gasteiger partial charge in [-0.05, 0) is 62.4 Å². The van der Waals surface area contributed by atoms with Crippen LogP contribution < -0.4 is 15.4 Å². The topological polar surface area (TPSA) is 50.4 Å². The third kappa shape index (κ3) is 6.40. The van der Waals surface area contributed by atoms with Gasteiger partial charge in [-0.2, -0.15) is 0 Å². The molecule has 1 amide bonds. The van der Waals surface area contributed by atoms with Crippen molar-refractivity contribution >= 4 is 18.3 Å². The molecular formula is C18H29ClN2O2. The van der Waals surface area contributed by atoms with Gasteiger partial charge in [-0.1, -0.05) is 19.1 Å². The van der Waals surface area contributed by atoms with Gasteiger partial charge in [0.2, 0.25) is 5.91 Å². The Kier molecular flexibility index (Phi) is 9.03. The molecule has 130 valence electrons. The van der Waals surface area contributed by atoms with E-state index < -0.39 is 0 Å². The van der Waals surface area contributed by atoms with Crippen molar-refractivity contribution in [2.24, 2.45) is 5.92 Å². The number of halogens is 1. The second-order valence-corrected chi connectivity index (χ2v) is 6.03. The molecule has 1 unspecified atom stereocenters. The van der Waals surface area contributed by atoms with Crippen molar-refractivity contribution < 1.29 is 9.53 Å². The van der Waals surface area contributed by atoms with Crippen LogP contribution in [0.2, 0.25) is 0 Å². The molecule has 23 heavy (non-hydrogen) atoms. The lowest BCUT2D eigenvalue weighted by Crippen LogP contribution is -2.31. The van der Waals surface area contributed by atoms with Crippen molar-refractivity contribution in [1.29, 1.82) is 0 Å². The Morgan fingerprint density at radius 1 is 1.30 bits per heavy atom. The molecule has 1 aromatic rings. The summed E-state index contributed by atoms with van der Waals surface area (Å²) in [5.74, 6) is 1.71. The van der Waals surface area contributed by atoms with Gasteiger partial charge in [-0.3, -0.25) is 4.79 Å². The van der Waals surface area contributed by atoms with Crippen molar-refractivity contribution in [1.82, 2.24) is 10.6 Å². The summed E-state index contributed by atoms with van der Waals surface area (Å²) in [7, 11) is 1.66. The van der Waals surface area contributed by atoms with Crippen molar-refractivity contribution in [2.75, 3.05) is 20.2 Å². The lowest BCUT2D eigenvalue weighted by molar-refractivity contribution is -0.122. The van der Waals surface area contributed by atoms with Crippen molar-refractivity contribution in [3.63, 3.8) is 0 Å². The van der Waals surface area contributed by atoms with Crippen LogP contribution in [-0.2, 0) is 4.79 Å². The van der Waals surface area contributed by atoms with E-state index in [1.54, 1.807) is 7.11 Å². The first-order valence-electron chi connectivity index (χ1n) is 8.37. The summed E-state index contributed by atoms with van der Waals surface area (Å²) in [4.78, 5) is 12.2. The number of carbonyl (C=O) groups excluding carboxylic acids is 1. The molecule has 1 aromatic carbocycles. The van der Waals surface area contributed by atoms with E-state index in [9.17, 15) is 4.79 Å². The zero-order valence-electron chi connectivity index (χ0n) is 14.1. The summed E-state index contributed by atoms with van der Waals surface area (Å²) in [6.07, 6.45) is 4.93. The summed E-state index contributed by atoms with van der Waals surface area (Å²) >= 11 is 0. The number of carbonyl (C=O) groups is 1. The normalized spacial score (nSPS) is 16.3. The molecule has 0 aromatic heterocycles. The minimum atomic E-state index is 0. The van der Waals surface area contributed by atoms with Crippen molar-refractivity contribution in [3.05, 3.63) is 29.8 Å². The molecule has 1 atom stereocenters. The molecule has 1 aliphatic rings. The highest BCUT2D eigenvalue weighted by atomic mass is 35.5. The van der Waals surface area contributed by atoms with Crippen LogP contribution in [-0.4, -0.2) is 26.1 Å². The first-order valence-corrected chi connectivity index (χ1v) is 8.37. The maximum Gasteiger partial charge on any atom is 0.220 e. The third-order valence-corrected chi connectivity index (χ3v) is 4.50. The number of amides is 1. The van der Waals surface area contributed by atoms with Gasteiger partial charge in [0.15, 0.2) is 0 Å². The summed E-state index contributed by atoms with van der Waals surface area (Å²) in [6.45, 7) is 4.29. The second kappa shape index (κ2) is 10.5. The maximum atomic E-state index is 12.2. The zero-order valence-corrected chi connectivity index (χ0v) is 15.0. The molecule has 4 nitrogen and oxygen atoms in total. The Bertz CT molecular complexity index is 459. The molecule has 1 saturated heterocycles. The Labute approximate surface area is 145 Å². The van der Waals surface area contributed by atoms with Crippen LogP contribution in [0.15, 0.2) is 24.3 Å². The SMILES string of the molecule is CCC(NC(=O)CCC1CCNCC1)c1ccc(OC)cc1.Cl. The maximum absolute atomic E-state index is 12.2. The van der Waals surface area contributed by atoms with Crippen LogP contribution in [0.25, 0.3) is 0 Å². The fourth-order valence-electron chi connectivity index (χ4n) is 3.03.